The number of carbonyl (C=O) groups excluding carboxylic acids is 1. The first kappa shape index (κ1) is 33.0. The second-order valence-corrected chi connectivity index (χ2v) is 19.1. The Morgan fingerprint density at radius 2 is 1.77 bits per heavy atom. The summed E-state index contributed by atoms with van der Waals surface area (Å²) in [6, 6.07) is 21.8. The van der Waals surface area contributed by atoms with E-state index >= 15 is 0 Å². The number of rotatable bonds is 12. The summed E-state index contributed by atoms with van der Waals surface area (Å²) in [4.78, 5) is 18.0. The number of fused-ring (bicyclic) bond motifs is 1. The molecular weight excluding hydrogens is 560 g/mol. The van der Waals surface area contributed by atoms with Gasteiger partial charge in [-0.1, -0.05) is 68.2 Å². The third kappa shape index (κ3) is 10.3. The first-order chi connectivity index (χ1) is 20.4. The average molecular weight is 609 g/mol. The zero-order valence-corrected chi connectivity index (χ0v) is 27.6. The SMILES string of the molecule is CC(C)(C)OC(=O)ON1CCC(c2ccc(CN)cc2)C(OCc2cc(OCOCC[Si](C)(C)C)c3ccccc3c2)C1. The molecule has 1 aliphatic heterocycles. The number of hydroxylamine groups is 2. The number of hydrogen-bond donors (Lipinski definition) is 1. The van der Waals surface area contributed by atoms with Gasteiger partial charge in [0.2, 0.25) is 0 Å². The molecule has 1 aliphatic rings. The third-order valence-corrected chi connectivity index (χ3v) is 9.10. The van der Waals surface area contributed by atoms with Gasteiger partial charge in [0, 0.05) is 39.1 Å². The second kappa shape index (κ2) is 14.7. The number of carbonyl (C=O) groups is 1. The van der Waals surface area contributed by atoms with Gasteiger partial charge in [0.25, 0.3) is 0 Å². The van der Waals surface area contributed by atoms with Crippen molar-refractivity contribution in [1.82, 2.24) is 5.06 Å². The molecule has 2 unspecified atom stereocenters. The molecule has 43 heavy (non-hydrogen) atoms. The van der Waals surface area contributed by atoms with E-state index in [-0.39, 0.29) is 18.8 Å². The van der Waals surface area contributed by atoms with Crippen molar-refractivity contribution >= 4 is 25.0 Å². The predicted molar refractivity (Wildman–Crippen MR) is 173 cm³/mol. The van der Waals surface area contributed by atoms with Crippen molar-refractivity contribution in [3.63, 3.8) is 0 Å². The van der Waals surface area contributed by atoms with Gasteiger partial charge in [0.05, 0.1) is 19.3 Å². The molecule has 4 rings (SSSR count). The molecule has 0 amide bonds. The van der Waals surface area contributed by atoms with Gasteiger partial charge in [-0.05, 0) is 67.4 Å². The Labute approximate surface area is 257 Å². The number of nitrogens with two attached hydrogens (primary N) is 1. The summed E-state index contributed by atoms with van der Waals surface area (Å²) < 4.78 is 23.9. The Balaban J connectivity index is 1.48. The Morgan fingerprint density at radius 1 is 1.02 bits per heavy atom. The lowest BCUT2D eigenvalue weighted by Crippen LogP contribution is -2.45. The van der Waals surface area contributed by atoms with Crippen molar-refractivity contribution in [2.45, 2.75) is 83.7 Å². The van der Waals surface area contributed by atoms with E-state index in [0.717, 1.165) is 40.1 Å². The van der Waals surface area contributed by atoms with Gasteiger partial charge >= 0.3 is 6.16 Å². The fourth-order valence-electron chi connectivity index (χ4n) is 5.08. The van der Waals surface area contributed by atoms with Crippen molar-refractivity contribution in [2.75, 3.05) is 26.5 Å². The number of nitrogens with zero attached hydrogens (tertiary/aromatic N) is 1. The maximum atomic E-state index is 12.4. The molecule has 9 heteroatoms. The van der Waals surface area contributed by atoms with Gasteiger partial charge in [-0.2, -0.15) is 0 Å². The number of hydrogen-bond acceptors (Lipinski definition) is 8. The van der Waals surface area contributed by atoms with Crippen molar-refractivity contribution in [3.05, 3.63) is 77.4 Å². The molecule has 0 radical (unpaired) electrons. The molecule has 1 fully saturated rings. The fourth-order valence-corrected chi connectivity index (χ4v) is 5.84. The summed E-state index contributed by atoms with van der Waals surface area (Å²) in [5, 5.41) is 3.76. The molecule has 0 saturated carbocycles. The molecular formula is C34H48N2O6Si. The average Bonchev–Trinajstić information content (AvgIpc) is 2.94. The van der Waals surface area contributed by atoms with Crippen LogP contribution >= 0.6 is 0 Å². The Kier molecular flexibility index (Phi) is 11.3. The van der Waals surface area contributed by atoms with Crippen molar-refractivity contribution in [1.29, 1.82) is 0 Å². The molecule has 0 aromatic heterocycles. The highest BCUT2D eigenvalue weighted by atomic mass is 28.3. The quantitative estimate of drug-likeness (QED) is 0.0996. The lowest BCUT2D eigenvalue weighted by atomic mass is 9.87. The summed E-state index contributed by atoms with van der Waals surface area (Å²) in [5.41, 5.74) is 8.46. The van der Waals surface area contributed by atoms with Gasteiger partial charge in [-0.3, -0.25) is 0 Å². The molecule has 234 valence electrons. The van der Waals surface area contributed by atoms with Crippen LogP contribution in [-0.2, 0) is 32.2 Å². The van der Waals surface area contributed by atoms with Crippen molar-refractivity contribution in [2.24, 2.45) is 5.73 Å². The summed E-state index contributed by atoms with van der Waals surface area (Å²) in [7, 11) is -1.17. The van der Waals surface area contributed by atoms with Gasteiger partial charge in [0.15, 0.2) is 6.79 Å². The van der Waals surface area contributed by atoms with E-state index in [4.69, 9.17) is 29.5 Å². The number of benzene rings is 3. The van der Waals surface area contributed by atoms with Gasteiger partial charge in [-0.15, -0.1) is 5.06 Å². The fraction of sp³-hybridized carbons (Fsp3) is 0.500. The van der Waals surface area contributed by atoms with Crippen LogP contribution in [0.3, 0.4) is 0 Å². The van der Waals surface area contributed by atoms with E-state index in [1.54, 1.807) is 5.06 Å². The van der Waals surface area contributed by atoms with Crippen LogP contribution in [0.5, 0.6) is 5.75 Å². The molecule has 2 atom stereocenters. The molecule has 0 bridgehead atoms. The van der Waals surface area contributed by atoms with E-state index in [1.807, 2.05) is 39.0 Å². The largest absolute Gasteiger partial charge is 0.528 e. The lowest BCUT2D eigenvalue weighted by Gasteiger charge is -2.37. The second-order valence-electron chi connectivity index (χ2n) is 13.4. The van der Waals surface area contributed by atoms with E-state index in [2.05, 4.69) is 62.1 Å². The summed E-state index contributed by atoms with van der Waals surface area (Å²) >= 11 is 0. The maximum Gasteiger partial charge on any atom is 0.528 e. The van der Waals surface area contributed by atoms with Crippen LogP contribution in [0.4, 0.5) is 4.79 Å². The molecule has 2 N–H and O–H groups in total. The van der Waals surface area contributed by atoms with Crippen molar-refractivity contribution < 1.29 is 28.6 Å². The minimum absolute atomic E-state index is 0.126. The van der Waals surface area contributed by atoms with E-state index in [0.29, 0.717) is 32.8 Å². The predicted octanol–water partition coefficient (Wildman–Crippen LogP) is 7.23. The normalized spacial score (nSPS) is 18.0. The molecule has 0 aliphatic carbocycles. The maximum absolute atomic E-state index is 12.4. The standard InChI is InChI=1S/C34H48N2O6Si/c1-34(2,3)41-33(37)42-36-16-15-30(27-13-11-25(21-35)12-14-27)32(22-36)39-23-26-19-28-9-7-8-10-29(28)31(20-26)40-24-38-17-18-43(4,5)6/h7-14,19-20,30,32H,15-18,21-24,35H2,1-6H3. The highest BCUT2D eigenvalue weighted by molar-refractivity contribution is 6.76. The van der Waals surface area contributed by atoms with Crippen molar-refractivity contribution in [3.8, 4) is 5.75 Å². The minimum atomic E-state index is -1.17. The number of piperidine rings is 1. The van der Waals surface area contributed by atoms with Gasteiger partial charge in [0.1, 0.15) is 11.4 Å². The van der Waals surface area contributed by atoms with Gasteiger partial charge in [-0.25, -0.2) is 4.79 Å². The molecule has 8 nitrogen and oxygen atoms in total. The van der Waals surface area contributed by atoms with Crippen LogP contribution in [0.1, 0.15) is 49.8 Å². The lowest BCUT2D eigenvalue weighted by molar-refractivity contribution is -0.179. The van der Waals surface area contributed by atoms with E-state index in [1.165, 1.54) is 5.56 Å². The van der Waals surface area contributed by atoms with Crippen LogP contribution in [0.25, 0.3) is 10.8 Å². The monoisotopic (exact) mass is 608 g/mol. The Bertz CT molecular complexity index is 1340. The summed E-state index contributed by atoms with van der Waals surface area (Å²) in [6.45, 7) is 15.2. The first-order valence-electron chi connectivity index (χ1n) is 15.2. The Morgan fingerprint density at radius 3 is 2.47 bits per heavy atom. The first-order valence-corrected chi connectivity index (χ1v) is 18.9. The van der Waals surface area contributed by atoms with Gasteiger partial charge < -0.3 is 29.5 Å². The molecule has 1 heterocycles. The van der Waals surface area contributed by atoms with Crippen LogP contribution in [0.2, 0.25) is 25.7 Å². The third-order valence-electron chi connectivity index (χ3n) is 7.40. The Hall–Kier alpha value is -2.95. The van der Waals surface area contributed by atoms with Crippen LogP contribution in [0.15, 0.2) is 60.7 Å². The van der Waals surface area contributed by atoms with E-state index < -0.39 is 19.8 Å². The summed E-state index contributed by atoms with van der Waals surface area (Å²) in [5.74, 6) is 0.901. The molecule has 1 saturated heterocycles. The molecule has 3 aromatic carbocycles. The highest BCUT2D eigenvalue weighted by Gasteiger charge is 2.34. The molecule has 0 spiro atoms. The van der Waals surface area contributed by atoms with E-state index in [9.17, 15) is 4.79 Å². The number of ether oxygens (including phenoxy) is 4. The summed E-state index contributed by atoms with van der Waals surface area (Å²) in [6.07, 6.45) is -0.169. The minimum Gasteiger partial charge on any atom is -0.467 e. The highest BCUT2D eigenvalue weighted by Crippen LogP contribution is 2.33. The topological polar surface area (TPSA) is 92.5 Å². The van der Waals surface area contributed by atoms with Crippen LogP contribution in [0, 0.1) is 0 Å². The molecule has 3 aromatic rings. The zero-order valence-electron chi connectivity index (χ0n) is 26.6. The van der Waals surface area contributed by atoms with Crippen LogP contribution < -0.4 is 10.5 Å². The zero-order chi connectivity index (χ0) is 31.0. The smallest absolute Gasteiger partial charge is 0.467 e. The van der Waals surface area contributed by atoms with Crippen LogP contribution in [-0.4, -0.2) is 57.5 Å².